The van der Waals surface area contributed by atoms with Gasteiger partial charge in [0.1, 0.15) is 0 Å². The summed E-state index contributed by atoms with van der Waals surface area (Å²) in [6.45, 7) is 2.67. The molecule has 0 bridgehead atoms. The summed E-state index contributed by atoms with van der Waals surface area (Å²) in [6.07, 6.45) is 0. The second kappa shape index (κ2) is 5.17. The quantitative estimate of drug-likeness (QED) is 0.687. The smallest absolute Gasteiger partial charge is 0.240 e. The summed E-state index contributed by atoms with van der Waals surface area (Å²) >= 11 is 1.55. The lowest BCUT2D eigenvalue weighted by atomic mass is 10.2. The van der Waals surface area contributed by atoms with Crippen LogP contribution in [0.1, 0.15) is 6.92 Å². The molecule has 1 aromatic rings. The molecule has 0 saturated heterocycles. The van der Waals surface area contributed by atoms with Gasteiger partial charge in [-0.05, 0) is 25.1 Å². The normalized spacial score (nSPS) is 20.7. The van der Waals surface area contributed by atoms with Crippen LogP contribution < -0.4 is 22.1 Å². The zero-order chi connectivity index (χ0) is 13.3. The van der Waals surface area contributed by atoms with E-state index in [1.165, 1.54) is 0 Å². The summed E-state index contributed by atoms with van der Waals surface area (Å²) in [7, 11) is 0. The van der Waals surface area contributed by atoms with Gasteiger partial charge in [-0.2, -0.15) is 0 Å². The van der Waals surface area contributed by atoms with Crippen molar-refractivity contribution < 1.29 is 4.79 Å². The van der Waals surface area contributed by atoms with E-state index in [2.05, 4.69) is 0 Å². The van der Waals surface area contributed by atoms with E-state index < -0.39 is 0 Å². The molecule has 2 unspecified atom stereocenters. The monoisotopic (exact) mass is 266 g/mol. The van der Waals surface area contributed by atoms with Gasteiger partial charge in [-0.1, -0.05) is 0 Å². The van der Waals surface area contributed by atoms with Gasteiger partial charge in [-0.15, -0.1) is 11.8 Å². The Morgan fingerprint density at radius 3 is 2.89 bits per heavy atom. The first-order valence-corrected chi connectivity index (χ1v) is 6.74. The van der Waals surface area contributed by atoms with Gasteiger partial charge in [-0.25, -0.2) is 0 Å². The van der Waals surface area contributed by atoms with Crippen LogP contribution in [0.3, 0.4) is 0 Å². The van der Waals surface area contributed by atoms with Crippen molar-refractivity contribution in [2.45, 2.75) is 23.1 Å². The SMILES string of the molecule is CC1Sc2ccc(N)cc2N(CC(N)CN)C1=O. The number of carbonyl (C=O) groups is 1. The summed E-state index contributed by atoms with van der Waals surface area (Å²) in [5, 5.41) is -0.105. The van der Waals surface area contributed by atoms with E-state index in [4.69, 9.17) is 17.2 Å². The van der Waals surface area contributed by atoms with Crippen LogP contribution in [0.25, 0.3) is 0 Å². The molecular weight excluding hydrogens is 248 g/mol. The Hall–Kier alpha value is -1.24. The third-order valence-corrected chi connectivity index (χ3v) is 4.07. The zero-order valence-corrected chi connectivity index (χ0v) is 11.1. The number of nitrogen functional groups attached to an aromatic ring is 1. The van der Waals surface area contributed by atoms with Gasteiger partial charge in [0.25, 0.3) is 0 Å². The number of fused-ring (bicyclic) bond motifs is 1. The molecule has 0 radical (unpaired) electrons. The number of carbonyl (C=O) groups excluding carboxylic acids is 1. The highest BCUT2D eigenvalue weighted by Gasteiger charge is 2.31. The van der Waals surface area contributed by atoms with Crippen molar-refractivity contribution in [3.63, 3.8) is 0 Å². The molecule has 1 aliphatic rings. The maximum atomic E-state index is 12.2. The van der Waals surface area contributed by atoms with Crippen LogP contribution >= 0.6 is 11.8 Å². The van der Waals surface area contributed by atoms with Gasteiger partial charge in [-0.3, -0.25) is 4.79 Å². The topological polar surface area (TPSA) is 98.4 Å². The number of rotatable bonds is 3. The molecule has 0 saturated carbocycles. The fourth-order valence-corrected chi connectivity index (χ4v) is 2.97. The van der Waals surface area contributed by atoms with Gasteiger partial charge >= 0.3 is 0 Å². The highest BCUT2D eigenvalue weighted by Crippen LogP contribution is 2.39. The number of benzene rings is 1. The van der Waals surface area contributed by atoms with E-state index in [1.807, 2.05) is 25.1 Å². The van der Waals surface area contributed by atoms with E-state index in [0.29, 0.717) is 18.8 Å². The van der Waals surface area contributed by atoms with Crippen LogP contribution in [0.4, 0.5) is 11.4 Å². The molecule has 5 nitrogen and oxygen atoms in total. The molecule has 1 heterocycles. The van der Waals surface area contributed by atoms with Crippen molar-refractivity contribution in [1.29, 1.82) is 0 Å². The fraction of sp³-hybridized carbons (Fsp3) is 0.417. The van der Waals surface area contributed by atoms with E-state index in [1.54, 1.807) is 16.7 Å². The Bertz CT molecular complexity index is 465. The minimum Gasteiger partial charge on any atom is -0.399 e. The minimum atomic E-state index is -0.224. The molecule has 0 spiro atoms. The van der Waals surface area contributed by atoms with Gasteiger partial charge in [0.15, 0.2) is 0 Å². The second-order valence-electron chi connectivity index (χ2n) is 4.43. The summed E-state index contributed by atoms with van der Waals surface area (Å²) in [5.41, 5.74) is 18.6. The number of hydrogen-bond donors (Lipinski definition) is 3. The number of anilines is 2. The molecule has 1 aliphatic heterocycles. The first-order valence-electron chi connectivity index (χ1n) is 5.86. The minimum absolute atomic E-state index is 0.0574. The van der Waals surface area contributed by atoms with Crippen LogP contribution in [-0.2, 0) is 4.79 Å². The number of hydrogen-bond acceptors (Lipinski definition) is 5. The first kappa shape index (κ1) is 13.2. The number of thioether (sulfide) groups is 1. The lowest BCUT2D eigenvalue weighted by molar-refractivity contribution is -0.118. The molecule has 0 aromatic heterocycles. The Labute approximate surface area is 111 Å². The molecule has 18 heavy (non-hydrogen) atoms. The lowest BCUT2D eigenvalue weighted by Crippen LogP contribution is -2.48. The Morgan fingerprint density at radius 1 is 1.50 bits per heavy atom. The van der Waals surface area contributed by atoms with Crippen molar-refractivity contribution in [2.75, 3.05) is 23.7 Å². The molecule has 1 aromatic carbocycles. The van der Waals surface area contributed by atoms with Crippen molar-refractivity contribution in [1.82, 2.24) is 0 Å². The van der Waals surface area contributed by atoms with Crippen LogP contribution in [0.15, 0.2) is 23.1 Å². The average molecular weight is 266 g/mol. The molecular formula is C12H18N4OS. The molecule has 1 amide bonds. The van der Waals surface area contributed by atoms with Crippen molar-refractivity contribution >= 4 is 29.0 Å². The van der Waals surface area contributed by atoms with Crippen LogP contribution in [-0.4, -0.2) is 30.3 Å². The zero-order valence-electron chi connectivity index (χ0n) is 10.3. The first-order chi connectivity index (χ1) is 8.52. The fourth-order valence-electron chi connectivity index (χ4n) is 1.92. The molecule has 2 rings (SSSR count). The average Bonchev–Trinajstić information content (AvgIpc) is 2.35. The van der Waals surface area contributed by atoms with E-state index in [0.717, 1.165) is 10.6 Å². The van der Waals surface area contributed by atoms with Gasteiger partial charge in [0, 0.05) is 29.7 Å². The van der Waals surface area contributed by atoms with E-state index in [-0.39, 0.29) is 17.2 Å². The summed E-state index contributed by atoms with van der Waals surface area (Å²) < 4.78 is 0. The summed E-state index contributed by atoms with van der Waals surface area (Å²) in [6, 6.07) is 5.38. The Morgan fingerprint density at radius 2 is 2.22 bits per heavy atom. The third kappa shape index (κ3) is 2.45. The van der Waals surface area contributed by atoms with Crippen LogP contribution in [0.5, 0.6) is 0 Å². The Kier molecular flexibility index (Phi) is 3.79. The molecule has 0 aliphatic carbocycles. The Balaban J connectivity index is 2.37. The highest BCUT2D eigenvalue weighted by molar-refractivity contribution is 8.00. The van der Waals surface area contributed by atoms with E-state index >= 15 is 0 Å². The second-order valence-corrected chi connectivity index (χ2v) is 5.81. The maximum Gasteiger partial charge on any atom is 0.240 e. The molecule has 6 heteroatoms. The standard InChI is InChI=1S/C12H18N4OS/c1-7-12(17)16(6-9(15)5-13)10-4-8(14)2-3-11(10)18-7/h2-4,7,9H,5-6,13-15H2,1H3. The predicted molar refractivity (Wildman–Crippen MR) is 75.6 cm³/mol. The van der Waals surface area contributed by atoms with Crippen molar-refractivity contribution in [2.24, 2.45) is 11.5 Å². The third-order valence-electron chi connectivity index (χ3n) is 2.91. The molecule has 6 N–H and O–H groups in total. The van der Waals surface area contributed by atoms with Gasteiger partial charge in [0.05, 0.1) is 10.9 Å². The van der Waals surface area contributed by atoms with Crippen LogP contribution in [0.2, 0.25) is 0 Å². The predicted octanol–water partition coefficient (Wildman–Crippen LogP) is 0.382. The molecule has 98 valence electrons. The maximum absolute atomic E-state index is 12.2. The molecule has 2 atom stereocenters. The molecule has 0 fully saturated rings. The van der Waals surface area contributed by atoms with Crippen molar-refractivity contribution in [3.05, 3.63) is 18.2 Å². The number of amides is 1. The van der Waals surface area contributed by atoms with Gasteiger partial charge in [0.2, 0.25) is 5.91 Å². The number of nitrogens with zero attached hydrogens (tertiary/aromatic N) is 1. The van der Waals surface area contributed by atoms with Crippen LogP contribution in [0, 0.1) is 0 Å². The number of nitrogens with two attached hydrogens (primary N) is 3. The lowest BCUT2D eigenvalue weighted by Gasteiger charge is -2.34. The highest BCUT2D eigenvalue weighted by atomic mass is 32.2. The van der Waals surface area contributed by atoms with Crippen molar-refractivity contribution in [3.8, 4) is 0 Å². The largest absolute Gasteiger partial charge is 0.399 e. The summed E-state index contributed by atoms with van der Waals surface area (Å²) in [5.74, 6) is 0.0574. The summed E-state index contributed by atoms with van der Waals surface area (Å²) in [4.78, 5) is 15.0. The van der Waals surface area contributed by atoms with Gasteiger partial charge < -0.3 is 22.1 Å². The van der Waals surface area contributed by atoms with E-state index in [9.17, 15) is 4.79 Å².